The molecule has 0 fully saturated rings. The smallest absolute Gasteiger partial charge is 0.139 e. The van der Waals surface area contributed by atoms with Crippen molar-refractivity contribution in [3.8, 4) is 11.6 Å². The van der Waals surface area contributed by atoms with Crippen LogP contribution in [0.15, 0.2) is 30.5 Å². The Labute approximate surface area is 116 Å². The Morgan fingerprint density at radius 3 is 2.68 bits per heavy atom. The molecule has 1 aromatic carbocycles. The molecular weight excluding hydrogens is 262 g/mol. The molecule has 4 nitrogen and oxygen atoms in total. The minimum atomic E-state index is 0.619. The van der Waals surface area contributed by atoms with E-state index >= 15 is 0 Å². The summed E-state index contributed by atoms with van der Waals surface area (Å²) in [5.41, 5.74) is 2.03. The highest BCUT2D eigenvalue weighted by Gasteiger charge is 2.11. The first-order valence-electron chi connectivity index (χ1n) is 5.96. The minimum Gasteiger partial charge on any atom is -0.495 e. The van der Waals surface area contributed by atoms with E-state index in [0.717, 1.165) is 22.4 Å². The zero-order valence-electron chi connectivity index (χ0n) is 11.0. The first kappa shape index (κ1) is 12.1. The number of halogens is 1. The van der Waals surface area contributed by atoms with Gasteiger partial charge in [-0.3, -0.25) is 4.68 Å². The van der Waals surface area contributed by atoms with Gasteiger partial charge in [0.25, 0.3) is 0 Å². The van der Waals surface area contributed by atoms with Crippen LogP contribution in [0.5, 0.6) is 5.75 Å². The van der Waals surface area contributed by atoms with E-state index in [9.17, 15) is 0 Å². The Morgan fingerprint density at radius 2 is 2.05 bits per heavy atom. The van der Waals surface area contributed by atoms with E-state index in [1.54, 1.807) is 7.11 Å². The SMILES string of the molecule is COc1cc2c(ccn2-c2cc(C)nn2C)cc1Cl. The van der Waals surface area contributed by atoms with Crippen molar-refractivity contribution in [2.75, 3.05) is 7.11 Å². The molecule has 2 heterocycles. The highest BCUT2D eigenvalue weighted by atomic mass is 35.5. The summed E-state index contributed by atoms with van der Waals surface area (Å²) in [6, 6.07) is 7.93. The van der Waals surface area contributed by atoms with Crippen molar-refractivity contribution in [3.05, 3.63) is 41.2 Å². The molecule has 3 aromatic rings. The monoisotopic (exact) mass is 275 g/mol. The second-order valence-corrected chi connectivity index (χ2v) is 4.91. The number of benzene rings is 1. The van der Waals surface area contributed by atoms with Gasteiger partial charge in [0.05, 0.1) is 23.3 Å². The summed E-state index contributed by atoms with van der Waals surface area (Å²) in [5.74, 6) is 1.69. The fourth-order valence-corrected chi connectivity index (χ4v) is 2.56. The molecule has 0 radical (unpaired) electrons. The predicted molar refractivity (Wildman–Crippen MR) is 76.3 cm³/mol. The van der Waals surface area contributed by atoms with Crippen molar-refractivity contribution in [2.24, 2.45) is 7.05 Å². The third-order valence-corrected chi connectivity index (χ3v) is 3.48. The van der Waals surface area contributed by atoms with Gasteiger partial charge in [-0.05, 0) is 19.1 Å². The van der Waals surface area contributed by atoms with Gasteiger partial charge in [0.2, 0.25) is 0 Å². The van der Waals surface area contributed by atoms with Crippen LogP contribution < -0.4 is 4.74 Å². The number of aromatic nitrogens is 3. The van der Waals surface area contributed by atoms with Crippen LogP contribution in [-0.4, -0.2) is 21.5 Å². The van der Waals surface area contributed by atoms with Gasteiger partial charge in [-0.25, -0.2) is 0 Å². The molecule has 5 heteroatoms. The maximum atomic E-state index is 6.14. The summed E-state index contributed by atoms with van der Waals surface area (Å²) in [4.78, 5) is 0. The van der Waals surface area contributed by atoms with Gasteiger partial charge in [-0.1, -0.05) is 11.6 Å². The Kier molecular flexibility index (Phi) is 2.75. The van der Waals surface area contributed by atoms with Gasteiger partial charge in [0.15, 0.2) is 0 Å². The van der Waals surface area contributed by atoms with Gasteiger partial charge in [0, 0.05) is 30.8 Å². The fraction of sp³-hybridized carbons (Fsp3) is 0.214. The lowest BCUT2D eigenvalue weighted by Gasteiger charge is -2.08. The largest absolute Gasteiger partial charge is 0.495 e. The van der Waals surface area contributed by atoms with E-state index in [-0.39, 0.29) is 0 Å². The molecule has 19 heavy (non-hydrogen) atoms. The van der Waals surface area contributed by atoms with Crippen LogP contribution in [0, 0.1) is 6.92 Å². The second-order valence-electron chi connectivity index (χ2n) is 4.50. The average Bonchev–Trinajstić information content (AvgIpc) is 2.90. The van der Waals surface area contributed by atoms with Crippen molar-refractivity contribution in [2.45, 2.75) is 6.92 Å². The molecule has 0 saturated heterocycles. The lowest BCUT2D eigenvalue weighted by molar-refractivity contribution is 0.415. The van der Waals surface area contributed by atoms with Crippen LogP contribution in [0.2, 0.25) is 5.02 Å². The Hall–Kier alpha value is -1.94. The van der Waals surface area contributed by atoms with Gasteiger partial charge in [-0.15, -0.1) is 0 Å². The summed E-state index contributed by atoms with van der Waals surface area (Å²) >= 11 is 6.14. The molecule has 0 aliphatic heterocycles. The lowest BCUT2D eigenvalue weighted by Crippen LogP contribution is -2.01. The Balaban J connectivity index is 2.27. The number of fused-ring (bicyclic) bond motifs is 1. The highest BCUT2D eigenvalue weighted by molar-refractivity contribution is 6.32. The maximum Gasteiger partial charge on any atom is 0.139 e. The van der Waals surface area contributed by atoms with Crippen LogP contribution in [0.1, 0.15) is 5.69 Å². The summed E-state index contributed by atoms with van der Waals surface area (Å²) in [6.45, 7) is 1.98. The first-order valence-corrected chi connectivity index (χ1v) is 6.33. The van der Waals surface area contributed by atoms with Crippen LogP contribution in [0.3, 0.4) is 0 Å². The molecule has 2 aromatic heterocycles. The highest BCUT2D eigenvalue weighted by Crippen LogP contribution is 2.31. The summed E-state index contributed by atoms with van der Waals surface area (Å²) in [5, 5.41) is 6.07. The third kappa shape index (κ3) is 1.88. The molecule has 0 saturated carbocycles. The molecule has 0 N–H and O–H groups in total. The summed E-state index contributed by atoms with van der Waals surface area (Å²) in [6.07, 6.45) is 2.01. The quantitative estimate of drug-likeness (QED) is 0.718. The topological polar surface area (TPSA) is 32.0 Å². The number of hydrogen-bond acceptors (Lipinski definition) is 2. The lowest BCUT2D eigenvalue weighted by atomic mass is 10.2. The standard InChI is InChI=1S/C14H14ClN3O/c1-9-6-14(17(2)16-9)18-5-4-10-7-11(15)13(19-3)8-12(10)18/h4-8H,1-3H3. The number of aryl methyl sites for hydroxylation is 2. The first-order chi connectivity index (χ1) is 9.10. The number of hydrogen-bond donors (Lipinski definition) is 0. The molecule has 98 valence electrons. The number of nitrogens with zero attached hydrogens (tertiary/aromatic N) is 3. The van der Waals surface area contributed by atoms with Crippen molar-refractivity contribution >= 4 is 22.5 Å². The van der Waals surface area contributed by atoms with E-state index in [4.69, 9.17) is 16.3 Å². The van der Waals surface area contributed by atoms with Gasteiger partial charge in [-0.2, -0.15) is 5.10 Å². The third-order valence-electron chi connectivity index (χ3n) is 3.19. The zero-order chi connectivity index (χ0) is 13.6. The van der Waals surface area contributed by atoms with Gasteiger partial charge >= 0.3 is 0 Å². The number of methoxy groups -OCH3 is 1. The normalized spacial score (nSPS) is 11.2. The van der Waals surface area contributed by atoms with Crippen LogP contribution >= 0.6 is 11.6 Å². The van der Waals surface area contributed by atoms with Crippen molar-refractivity contribution in [1.82, 2.24) is 14.3 Å². The Bertz CT molecular complexity index is 757. The molecule has 0 amide bonds. The maximum absolute atomic E-state index is 6.14. The van der Waals surface area contributed by atoms with Crippen LogP contribution in [-0.2, 0) is 7.05 Å². The summed E-state index contributed by atoms with van der Waals surface area (Å²) in [7, 11) is 3.55. The number of ether oxygens (including phenoxy) is 1. The van der Waals surface area contributed by atoms with Crippen molar-refractivity contribution in [3.63, 3.8) is 0 Å². The molecule has 0 aliphatic carbocycles. The molecule has 0 bridgehead atoms. The van der Waals surface area contributed by atoms with Gasteiger partial charge < -0.3 is 9.30 Å². The molecule has 0 atom stereocenters. The average molecular weight is 276 g/mol. The summed E-state index contributed by atoms with van der Waals surface area (Å²) < 4.78 is 9.22. The predicted octanol–water partition coefficient (Wildman–Crippen LogP) is 3.33. The minimum absolute atomic E-state index is 0.619. The molecule has 0 aliphatic rings. The molecule has 3 rings (SSSR count). The van der Waals surface area contributed by atoms with Crippen LogP contribution in [0.4, 0.5) is 0 Å². The molecular formula is C14H14ClN3O. The van der Waals surface area contributed by atoms with Crippen LogP contribution in [0.25, 0.3) is 16.7 Å². The number of rotatable bonds is 2. The van der Waals surface area contributed by atoms with Crippen molar-refractivity contribution < 1.29 is 4.74 Å². The van der Waals surface area contributed by atoms with E-state index in [1.165, 1.54) is 0 Å². The zero-order valence-corrected chi connectivity index (χ0v) is 11.8. The van der Waals surface area contributed by atoms with E-state index in [1.807, 2.05) is 49.1 Å². The van der Waals surface area contributed by atoms with Crippen molar-refractivity contribution in [1.29, 1.82) is 0 Å². The Morgan fingerprint density at radius 1 is 1.26 bits per heavy atom. The van der Waals surface area contributed by atoms with E-state index in [2.05, 4.69) is 9.67 Å². The second kappa shape index (κ2) is 4.31. The van der Waals surface area contributed by atoms with E-state index < -0.39 is 0 Å². The molecule has 0 unspecified atom stereocenters. The van der Waals surface area contributed by atoms with E-state index in [0.29, 0.717) is 10.8 Å². The van der Waals surface area contributed by atoms with Gasteiger partial charge in [0.1, 0.15) is 11.6 Å². The fourth-order valence-electron chi connectivity index (χ4n) is 2.31. The molecule has 0 spiro atoms.